The molecule has 1 spiro atoms. The third-order valence-corrected chi connectivity index (χ3v) is 4.01. The van der Waals surface area contributed by atoms with Crippen LogP contribution in [0.25, 0.3) is 0 Å². The fraction of sp³-hybridized carbons (Fsp3) is 0.800. The van der Waals surface area contributed by atoms with E-state index in [1.807, 2.05) is 18.7 Å². The van der Waals surface area contributed by atoms with Gasteiger partial charge >= 0.3 is 0 Å². The van der Waals surface area contributed by atoms with Gasteiger partial charge in [0.15, 0.2) is 0 Å². The Labute approximate surface area is 83.4 Å². The Hall–Kier alpha value is 0.01000. The minimum absolute atomic E-state index is 0.0788. The van der Waals surface area contributed by atoms with E-state index in [4.69, 9.17) is 4.74 Å². The van der Waals surface area contributed by atoms with Crippen molar-refractivity contribution in [1.29, 1.82) is 0 Å². The van der Waals surface area contributed by atoms with Crippen LogP contribution in [0.1, 0.15) is 26.2 Å². The van der Waals surface area contributed by atoms with E-state index >= 15 is 0 Å². The van der Waals surface area contributed by atoms with Crippen LogP contribution in [0.15, 0.2) is 11.6 Å². The smallest absolute Gasteiger partial charge is 0.132 e. The zero-order valence-corrected chi connectivity index (χ0v) is 8.77. The van der Waals surface area contributed by atoms with E-state index in [0.29, 0.717) is 0 Å². The van der Waals surface area contributed by atoms with Gasteiger partial charge in [0.05, 0.1) is 12.7 Å². The first-order chi connectivity index (χ1) is 6.22. The predicted octanol–water partition coefficient (Wildman–Crippen LogP) is 1.94. The summed E-state index contributed by atoms with van der Waals surface area (Å²) in [6, 6.07) is 0. The summed E-state index contributed by atoms with van der Waals surface area (Å²) in [5, 5.41) is 9.49. The molecule has 13 heavy (non-hydrogen) atoms. The van der Waals surface area contributed by atoms with Crippen molar-refractivity contribution < 1.29 is 9.84 Å². The summed E-state index contributed by atoms with van der Waals surface area (Å²) in [7, 11) is 0. The highest BCUT2D eigenvalue weighted by Crippen LogP contribution is 2.43. The number of aliphatic hydroxyl groups excluding tert-OH is 1. The second-order valence-corrected chi connectivity index (χ2v) is 5.15. The average molecular weight is 200 g/mol. The highest BCUT2D eigenvalue weighted by atomic mass is 32.2. The number of aliphatic hydroxyl groups is 1. The molecule has 0 aromatic rings. The number of thioether (sulfide) groups is 1. The number of hydrogen-bond donors (Lipinski definition) is 1. The first-order valence-corrected chi connectivity index (χ1v) is 5.88. The molecule has 2 nitrogen and oxygen atoms in total. The lowest BCUT2D eigenvalue weighted by Gasteiger charge is -2.30. The van der Waals surface area contributed by atoms with Crippen LogP contribution in [0.2, 0.25) is 0 Å². The average Bonchev–Trinajstić information content (AvgIpc) is 2.53. The predicted molar refractivity (Wildman–Crippen MR) is 54.8 cm³/mol. The fourth-order valence-corrected chi connectivity index (χ4v) is 3.20. The molecule has 2 aliphatic rings. The third kappa shape index (κ3) is 1.92. The minimum atomic E-state index is -0.304. The van der Waals surface area contributed by atoms with Gasteiger partial charge in [-0.3, -0.25) is 0 Å². The molecule has 2 rings (SSSR count). The van der Waals surface area contributed by atoms with E-state index in [2.05, 4.69) is 6.08 Å². The van der Waals surface area contributed by atoms with Crippen molar-refractivity contribution in [2.45, 2.75) is 37.2 Å². The Kier molecular flexibility index (Phi) is 2.67. The summed E-state index contributed by atoms with van der Waals surface area (Å²) >= 11 is 1.88. The molecule has 0 unspecified atom stereocenters. The molecule has 0 saturated carbocycles. The number of hydrogen-bond acceptors (Lipinski definition) is 3. The van der Waals surface area contributed by atoms with Gasteiger partial charge < -0.3 is 9.84 Å². The van der Waals surface area contributed by atoms with Gasteiger partial charge in [-0.2, -0.15) is 0 Å². The zero-order chi connectivity index (χ0) is 9.31. The summed E-state index contributed by atoms with van der Waals surface area (Å²) < 4.78 is 5.74. The summed E-state index contributed by atoms with van der Waals surface area (Å²) in [5.41, 5.74) is 1.15. The molecule has 0 amide bonds. The van der Waals surface area contributed by atoms with E-state index in [1.54, 1.807) is 0 Å². The Morgan fingerprint density at radius 1 is 1.69 bits per heavy atom. The molecule has 0 aromatic heterocycles. The molecule has 1 N–H and O–H groups in total. The van der Waals surface area contributed by atoms with Crippen molar-refractivity contribution in [3.05, 3.63) is 11.6 Å². The van der Waals surface area contributed by atoms with Gasteiger partial charge in [0.2, 0.25) is 0 Å². The molecule has 0 aromatic carbocycles. The van der Waals surface area contributed by atoms with E-state index in [-0.39, 0.29) is 11.0 Å². The van der Waals surface area contributed by atoms with Crippen LogP contribution in [-0.2, 0) is 4.74 Å². The van der Waals surface area contributed by atoms with E-state index in [1.165, 1.54) is 0 Å². The van der Waals surface area contributed by atoms with Crippen LogP contribution >= 0.6 is 11.8 Å². The summed E-state index contributed by atoms with van der Waals surface area (Å²) in [5.74, 6) is 1.09. The Bertz CT molecular complexity index is 217. The topological polar surface area (TPSA) is 29.5 Å². The number of rotatable bonds is 1. The SMILES string of the molecule is C[C@H](O)C1=C[C@]2(CCC1)OCCS2. The van der Waals surface area contributed by atoms with Crippen molar-refractivity contribution in [1.82, 2.24) is 0 Å². The van der Waals surface area contributed by atoms with Gasteiger partial charge in [0.25, 0.3) is 0 Å². The molecule has 1 aliphatic carbocycles. The molecule has 2 atom stereocenters. The molecule has 1 saturated heterocycles. The molecule has 3 heteroatoms. The van der Waals surface area contributed by atoms with E-state index in [9.17, 15) is 5.11 Å². The van der Waals surface area contributed by atoms with Crippen LogP contribution in [0, 0.1) is 0 Å². The fourth-order valence-electron chi connectivity index (χ4n) is 1.99. The van der Waals surface area contributed by atoms with Gasteiger partial charge in [0.1, 0.15) is 4.93 Å². The Balaban J connectivity index is 2.16. The standard InChI is InChI=1S/C10H16O2S/c1-8(11)9-3-2-4-10(7-9)12-5-6-13-10/h7-8,11H,2-6H2,1H3/t8-,10+/m0/s1. The quantitative estimate of drug-likeness (QED) is 0.656. The maximum absolute atomic E-state index is 9.49. The van der Waals surface area contributed by atoms with Crippen molar-refractivity contribution in [2.75, 3.05) is 12.4 Å². The third-order valence-electron chi connectivity index (χ3n) is 2.71. The van der Waals surface area contributed by atoms with Crippen LogP contribution in [-0.4, -0.2) is 28.5 Å². The number of ether oxygens (including phenoxy) is 1. The van der Waals surface area contributed by atoms with Crippen molar-refractivity contribution >= 4 is 11.8 Å². The van der Waals surface area contributed by atoms with Crippen molar-refractivity contribution in [3.8, 4) is 0 Å². The summed E-state index contributed by atoms with van der Waals surface area (Å²) in [6.45, 7) is 2.69. The van der Waals surface area contributed by atoms with Gasteiger partial charge in [-0.05, 0) is 37.8 Å². The van der Waals surface area contributed by atoms with Gasteiger partial charge in [-0.1, -0.05) is 0 Å². The lowest BCUT2D eigenvalue weighted by molar-refractivity contribution is 0.0720. The minimum Gasteiger partial charge on any atom is -0.389 e. The monoisotopic (exact) mass is 200 g/mol. The molecule has 0 radical (unpaired) electrons. The normalized spacial score (nSPS) is 36.3. The van der Waals surface area contributed by atoms with Gasteiger partial charge in [-0.15, -0.1) is 11.8 Å². The zero-order valence-electron chi connectivity index (χ0n) is 7.95. The first kappa shape index (κ1) is 9.56. The van der Waals surface area contributed by atoms with Crippen LogP contribution in [0.3, 0.4) is 0 Å². The molecule has 1 aliphatic heterocycles. The molecule has 1 fully saturated rings. The van der Waals surface area contributed by atoms with Crippen molar-refractivity contribution in [3.63, 3.8) is 0 Å². The molecular weight excluding hydrogens is 184 g/mol. The molecular formula is C10H16O2S. The maximum Gasteiger partial charge on any atom is 0.132 e. The summed E-state index contributed by atoms with van der Waals surface area (Å²) in [6.07, 6.45) is 5.13. The summed E-state index contributed by atoms with van der Waals surface area (Å²) in [4.78, 5) is -0.0788. The lowest BCUT2D eigenvalue weighted by Crippen LogP contribution is -2.27. The molecule has 74 valence electrons. The van der Waals surface area contributed by atoms with Gasteiger partial charge in [-0.25, -0.2) is 0 Å². The first-order valence-electron chi connectivity index (χ1n) is 4.89. The Morgan fingerprint density at radius 2 is 2.54 bits per heavy atom. The molecule has 1 heterocycles. The lowest BCUT2D eigenvalue weighted by atomic mass is 9.94. The highest BCUT2D eigenvalue weighted by Gasteiger charge is 2.36. The van der Waals surface area contributed by atoms with E-state index in [0.717, 1.165) is 37.2 Å². The Morgan fingerprint density at radius 3 is 3.15 bits per heavy atom. The van der Waals surface area contributed by atoms with Crippen molar-refractivity contribution in [2.24, 2.45) is 0 Å². The second-order valence-electron chi connectivity index (χ2n) is 3.76. The van der Waals surface area contributed by atoms with Crippen LogP contribution < -0.4 is 0 Å². The van der Waals surface area contributed by atoms with Crippen LogP contribution in [0.4, 0.5) is 0 Å². The maximum atomic E-state index is 9.49. The van der Waals surface area contributed by atoms with Gasteiger partial charge in [0, 0.05) is 5.75 Å². The van der Waals surface area contributed by atoms with Crippen LogP contribution in [0.5, 0.6) is 0 Å². The highest BCUT2D eigenvalue weighted by molar-refractivity contribution is 8.00. The van der Waals surface area contributed by atoms with E-state index < -0.39 is 0 Å². The molecule has 0 bridgehead atoms. The largest absolute Gasteiger partial charge is 0.389 e. The second kappa shape index (κ2) is 3.64.